The van der Waals surface area contributed by atoms with Crippen molar-refractivity contribution in [3.63, 3.8) is 0 Å². The van der Waals surface area contributed by atoms with Gasteiger partial charge in [0.05, 0.1) is 22.9 Å². The Bertz CT molecular complexity index is 617. The van der Waals surface area contributed by atoms with Gasteiger partial charge >= 0.3 is 0 Å². The minimum Gasteiger partial charge on any atom is -0.322 e. The Balaban J connectivity index is 2.25. The van der Waals surface area contributed by atoms with Crippen LogP contribution in [0.2, 0.25) is 0 Å². The lowest BCUT2D eigenvalue weighted by molar-refractivity contribution is 0.102. The zero-order chi connectivity index (χ0) is 13.1. The van der Waals surface area contributed by atoms with Crippen molar-refractivity contribution >= 4 is 11.6 Å². The van der Waals surface area contributed by atoms with E-state index in [4.69, 9.17) is 5.26 Å². The van der Waals surface area contributed by atoms with E-state index >= 15 is 0 Å². The number of nitriles is 1. The highest BCUT2D eigenvalue weighted by atomic mass is 16.1. The van der Waals surface area contributed by atoms with E-state index in [0.29, 0.717) is 22.5 Å². The average Bonchev–Trinajstić information content (AvgIpc) is 2.69. The molecule has 90 valence electrons. The zero-order valence-corrected chi connectivity index (χ0v) is 10.1. The van der Waals surface area contributed by atoms with Gasteiger partial charge in [0.25, 0.3) is 5.91 Å². The molecular weight excluding hydrogens is 228 g/mol. The third kappa shape index (κ3) is 2.23. The van der Waals surface area contributed by atoms with Gasteiger partial charge in [-0.3, -0.25) is 9.89 Å². The van der Waals surface area contributed by atoms with Crippen LogP contribution >= 0.6 is 0 Å². The third-order valence-corrected chi connectivity index (χ3v) is 2.60. The molecule has 0 aliphatic heterocycles. The molecule has 2 rings (SSSR count). The number of nitrogens with one attached hydrogen (secondary N) is 2. The van der Waals surface area contributed by atoms with Crippen LogP contribution < -0.4 is 5.32 Å². The number of carbonyl (C=O) groups is 1. The van der Waals surface area contributed by atoms with E-state index in [2.05, 4.69) is 15.5 Å². The quantitative estimate of drug-likeness (QED) is 0.843. The van der Waals surface area contributed by atoms with Crippen molar-refractivity contribution in [3.05, 3.63) is 46.8 Å². The summed E-state index contributed by atoms with van der Waals surface area (Å²) in [6, 6.07) is 8.81. The maximum Gasteiger partial charge on any atom is 0.259 e. The lowest BCUT2D eigenvalue weighted by Crippen LogP contribution is -2.13. The number of hydrogen-bond donors (Lipinski definition) is 2. The summed E-state index contributed by atoms with van der Waals surface area (Å²) < 4.78 is 0. The molecule has 1 aromatic heterocycles. The van der Waals surface area contributed by atoms with Crippen molar-refractivity contribution in [1.29, 1.82) is 5.26 Å². The van der Waals surface area contributed by atoms with E-state index in [1.807, 2.05) is 6.07 Å². The van der Waals surface area contributed by atoms with Crippen molar-refractivity contribution in [1.82, 2.24) is 10.2 Å². The number of anilines is 1. The highest BCUT2D eigenvalue weighted by Crippen LogP contribution is 2.14. The number of H-pyrrole nitrogens is 1. The van der Waals surface area contributed by atoms with E-state index in [9.17, 15) is 4.79 Å². The Morgan fingerprint density at radius 2 is 2.22 bits per heavy atom. The highest BCUT2D eigenvalue weighted by molar-refractivity contribution is 6.05. The number of aromatic amines is 1. The van der Waals surface area contributed by atoms with Gasteiger partial charge in [0.2, 0.25) is 0 Å². The van der Waals surface area contributed by atoms with Gasteiger partial charge in [0, 0.05) is 11.4 Å². The van der Waals surface area contributed by atoms with Crippen LogP contribution in [0.1, 0.15) is 27.3 Å². The van der Waals surface area contributed by atoms with Crippen molar-refractivity contribution in [2.24, 2.45) is 0 Å². The Hall–Kier alpha value is -2.61. The van der Waals surface area contributed by atoms with E-state index in [1.54, 1.807) is 38.1 Å². The van der Waals surface area contributed by atoms with Gasteiger partial charge in [0.1, 0.15) is 0 Å². The van der Waals surface area contributed by atoms with Gasteiger partial charge in [-0.25, -0.2) is 0 Å². The van der Waals surface area contributed by atoms with Crippen molar-refractivity contribution in [3.8, 4) is 6.07 Å². The van der Waals surface area contributed by atoms with Crippen LogP contribution in [0.5, 0.6) is 0 Å². The fourth-order valence-electron chi connectivity index (χ4n) is 1.75. The molecule has 0 spiro atoms. The van der Waals surface area contributed by atoms with Gasteiger partial charge in [-0.2, -0.15) is 10.4 Å². The number of aromatic nitrogens is 2. The van der Waals surface area contributed by atoms with E-state index in [1.165, 1.54) is 0 Å². The summed E-state index contributed by atoms with van der Waals surface area (Å²) in [6.45, 7) is 3.56. The molecular formula is C13H12N4O. The maximum atomic E-state index is 12.1. The molecule has 0 saturated carbocycles. The number of amides is 1. The summed E-state index contributed by atoms with van der Waals surface area (Å²) in [4.78, 5) is 12.1. The summed E-state index contributed by atoms with van der Waals surface area (Å²) >= 11 is 0. The first-order valence-corrected chi connectivity index (χ1v) is 5.45. The van der Waals surface area contributed by atoms with Crippen molar-refractivity contribution in [2.75, 3.05) is 5.32 Å². The summed E-state index contributed by atoms with van der Waals surface area (Å²) in [5.41, 5.74) is 3.02. The molecule has 0 unspecified atom stereocenters. The number of nitrogens with zero attached hydrogens (tertiary/aromatic N) is 2. The predicted octanol–water partition coefficient (Wildman–Crippen LogP) is 2.15. The highest BCUT2D eigenvalue weighted by Gasteiger charge is 2.15. The zero-order valence-electron chi connectivity index (χ0n) is 10.1. The SMILES string of the molecule is Cc1n[nH]c(C)c1C(=O)Nc1cccc(C#N)c1. The maximum absolute atomic E-state index is 12.1. The Morgan fingerprint density at radius 1 is 1.44 bits per heavy atom. The number of aryl methyl sites for hydroxylation is 2. The number of benzene rings is 1. The molecule has 0 aliphatic rings. The molecule has 1 amide bonds. The van der Waals surface area contributed by atoms with Gasteiger partial charge in [-0.1, -0.05) is 6.07 Å². The van der Waals surface area contributed by atoms with Gasteiger partial charge < -0.3 is 5.32 Å². The molecule has 5 heteroatoms. The van der Waals surface area contributed by atoms with E-state index in [-0.39, 0.29) is 5.91 Å². The summed E-state index contributed by atoms with van der Waals surface area (Å²) in [5.74, 6) is -0.228. The minimum absolute atomic E-state index is 0.228. The van der Waals surface area contributed by atoms with Crippen LogP contribution in [0.15, 0.2) is 24.3 Å². The molecule has 0 bridgehead atoms. The Kier molecular flexibility index (Phi) is 3.11. The number of hydrogen-bond acceptors (Lipinski definition) is 3. The fourth-order valence-corrected chi connectivity index (χ4v) is 1.75. The van der Waals surface area contributed by atoms with Crippen LogP contribution in [0.3, 0.4) is 0 Å². The second kappa shape index (κ2) is 4.72. The molecule has 0 fully saturated rings. The second-order valence-corrected chi connectivity index (χ2v) is 3.96. The second-order valence-electron chi connectivity index (χ2n) is 3.96. The molecule has 0 radical (unpaired) electrons. The fraction of sp³-hybridized carbons (Fsp3) is 0.154. The van der Waals surface area contributed by atoms with E-state index < -0.39 is 0 Å². The lowest BCUT2D eigenvalue weighted by Gasteiger charge is -2.05. The monoisotopic (exact) mass is 240 g/mol. The molecule has 2 aromatic rings. The van der Waals surface area contributed by atoms with Crippen LogP contribution in [0.25, 0.3) is 0 Å². The normalized spacial score (nSPS) is 9.83. The standard InChI is InChI=1S/C13H12N4O/c1-8-12(9(2)17-16-8)13(18)15-11-5-3-4-10(6-11)7-14/h3-6H,1-2H3,(H,15,18)(H,16,17). The molecule has 18 heavy (non-hydrogen) atoms. The number of carbonyl (C=O) groups excluding carboxylic acids is 1. The van der Waals surface area contributed by atoms with Crippen LogP contribution in [-0.2, 0) is 0 Å². The van der Waals surface area contributed by atoms with Crippen molar-refractivity contribution < 1.29 is 4.79 Å². The molecule has 0 aliphatic carbocycles. The predicted molar refractivity (Wildman–Crippen MR) is 67.2 cm³/mol. The van der Waals surface area contributed by atoms with Crippen molar-refractivity contribution in [2.45, 2.75) is 13.8 Å². The Morgan fingerprint density at radius 3 is 2.83 bits per heavy atom. The molecule has 0 atom stereocenters. The minimum atomic E-state index is -0.228. The smallest absolute Gasteiger partial charge is 0.259 e. The summed E-state index contributed by atoms with van der Waals surface area (Å²) in [5, 5.41) is 18.3. The van der Waals surface area contributed by atoms with Crippen LogP contribution in [0, 0.1) is 25.2 Å². The Labute approximate surface area is 104 Å². The topological polar surface area (TPSA) is 81.6 Å². The third-order valence-electron chi connectivity index (χ3n) is 2.60. The van der Waals surface area contributed by atoms with Gasteiger partial charge in [0.15, 0.2) is 0 Å². The first-order chi connectivity index (χ1) is 8.61. The summed E-state index contributed by atoms with van der Waals surface area (Å²) in [7, 11) is 0. The van der Waals surface area contributed by atoms with Gasteiger partial charge in [-0.15, -0.1) is 0 Å². The number of rotatable bonds is 2. The lowest BCUT2D eigenvalue weighted by atomic mass is 10.1. The molecule has 0 saturated heterocycles. The largest absolute Gasteiger partial charge is 0.322 e. The first kappa shape index (κ1) is 11.9. The average molecular weight is 240 g/mol. The van der Waals surface area contributed by atoms with Crippen LogP contribution in [-0.4, -0.2) is 16.1 Å². The molecule has 2 N–H and O–H groups in total. The first-order valence-electron chi connectivity index (χ1n) is 5.45. The molecule has 1 aromatic carbocycles. The van der Waals surface area contributed by atoms with Crippen LogP contribution in [0.4, 0.5) is 5.69 Å². The molecule has 5 nitrogen and oxygen atoms in total. The summed E-state index contributed by atoms with van der Waals surface area (Å²) in [6.07, 6.45) is 0. The van der Waals surface area contributed by atoms with E-state index in [0.717, 1.165) is 5.69 Å². The van der Waals surface area contributed by atoms with Gasteiger partial charge in [-0.05, 0) is 32.0 Å². The molecule has 1 heterocycles.